The number of rotatable bonds is 2. The first-order chi connectivity index (χ1) is 9.86. The number of carbonyl (C=O) groups is 1. The number of fused-ring (bicyclic) bond motifs is 5. The van der Waals surface area contributed by atoms with Crippen molar-refractivity contribution >= 4 is 5.97 Å². The van der Waals surface area contributed by atoms with E-state index in [2.05, 4.69) is 0 Å². The number of esters is 1. The highest BCUT2D eigenvalue weighted by atomic mass is 16.8. The maximum Gasteiger partial charge on any atom is 0.309 e. The topological polar surface area (TPSA) is 74.2 Å². The first-order valence-electron chi connectivity index (χ1n) is 7.76. The third-order valence-electron chi connectivity index (χ3n) is 5.46. The third-order valence-corrected chi connectivity index (χ3v) is 5.46. The van der Waals surface area contributed by atoms with Gasteiger partial charge in [0, 0.05) is 0 Å². The van der Waals surface area contributed by atoms with E-state index in [9.17, 15) is 9.90 Å². The average molecular weight is 298 g/mol. The zero-order valence-electron chi connectivity index (χ0n) is 12.6. The maximum atomic E-state index is 11.9. The van der Waals surface area contributed by atoms with Crippen molar-refractivity contribution in [2.75, 3.05) is 6.61 Å². The lowest BCUT2D eigenvalue weighted by atomic mass is 9.66. The Morgan fingerprint density at radius 3 is 2.76 bits per heavy atom. The van der Waals surface area contributed by atoms with Crippen molar-refractivity contribution in [1.29, 1.82) is 0 Å². The van der Waals surface area contributed by atoms with Gasteiger partial charge < -0.3 is 24.1 Å². The van der Waals surface area contributed by atoms with Crippen LogP contribution in [0.3, 0.4) is 0 Å². The van der Waals surface area contributed by atoms with Crippen LogP contribution < -0.4 is 0 Å². The summed E-state index contributed by atoms with van der Waals surface area (Å²) in [5.74, 6) is -0.666. The molecule has 6 nitrogen and oxygen atoms in total. The highest BCUT2D eigenvalue weighted by Crippen LogP contribution is 2.62. The Morgan fingerprint density at radius 2 is 2.05 bits per heavy atom. The van der Waals surface area contributed by atoms with Crippen molar-refractivity contribution in [3.05, 3.63) is 0 Å². The summed E-state index contributed by atoms with van der Waals surface area (Å²) in [6, 6.07) is 0. The van der Waals surface area contributed by atoms with Crippen LogP contribution in [0.25, 0.3) is 0 Å². The molecular weight excluding hydrogens is 276 g/mol. The summed E-state index contributed by atoms with van der Waals surface area (Å²) in [5.41, 5.74) is -1.05. The zero-order valence-corrected chi connectivity index (χ0v) is 12.6. The van der Waals surface area contributed by atoms with Gasteiger partial charge in [0.15, 0.2) is 12.1 Å². The molecule has 2 aliphatic carbocycles. The number of ether oxygens (including phenoxy) is 4. The van der Waals surface area contributed by atoms with Crippen molar-refractivity contribution in [2.45, 2.75) is 63.5 Å². The van der Waals surface area contributed by atoms with Crippen LogP contribution in [0.15, 0.2) is 0 Å². The summed E-state index contributed by atoms with van der Waals surface area (Å²) in [7, 11) is 0. The third kappa shape index (κ3) is 1.76. The van der Waals surface area contributed by atoms with Gasteiger partial charge in [0.05, 0.1) is 18.6 Å². The van der Waals surface area contributed by atoms with E-state index >= 15 is 0 Å². The van der Waals surface area contributed by atoms with Crippen molar-refractivity contribution in [3.8, 4) is 0 Å². The van der Waals surface area contributed by atoms with Crippen LogP contribution in [0.4, 0.5) is 0 Å². The second kappa shape index (κ2) is 4.19. The summed E-state index contributed by atoms with van der Waals surface area (Å²) in [4.78, 5) is 11.9. The van der Waals surface area contributed by atoms with Gasteiger partial charge in [0.2, 0.25) is 0 Å². The van der Waals surface area contributed by atoms with Gasteiger partial charge in [0.1, 0.15) is 11.7 Å². The number of hydrogen-bond donors (Lipinski definition) is 1. The summed E-state index contributed by atoms with van der Waals surface area (Å²) in [6.07, 6.45) is -0.0195. The zero-order chi connectivity index (χ0) is 15.0. The highest BCUT2D eigenvalue weighted by Gasteiger charge is 2.73. The predicted molar refractivity (Wildman–Crippen MR) is 70.0 cm³/mol. The normalized spacial score (nSPS) is 52.8. The summed E-state index contributed by atoms with van der Waals surface area (Å²) in [5, 5.41) is 11.1. The molecule has 1 unspecified atom stereocenters. The molecule has 0 amide bonds. The van der Waals surface area contributed by atoms with Crippen molar-refractivity contribution in [3.63, 3.8) is 0 Å². The lowest BCUT2D eigenvalue weighted by molar-refractivity contribution is -0.230. The van der Waals surface area contributed by atoms with Crippen LogP contribution in [-0.4, -0.2) is 47.6 Å². The summed E-state index contributed by atoms with van der Waals surface area (Å²) in [6.45, 7) is 5.84. The van der Waals surface area contributed by atoms with E-state index in [1.54, 1.807) is 0 Å². The lowest BCUT2D eigenvalue weighted by Gasteiger charge is -2.40. The molecule has 0 radical (unpaired) electrons. The molecule has 7 atom stereocenters. The number of aliphatic hydroxyl groups is 1. The molecule has 2 saturated carbocycles. The van der Waals surface area contributed by atoms with Crippen LogP contribution in [0, 0.1) is 17.8 Å². The van der Waals surface area contributed by atoms with E-state index in [1.807, 2.05) is 20.8 Å². The molecule has 0 aromatic rings. The van der Waals surface area contributed by atoms with E-state index in [-0.39, 0.29) is 29.8 Å². The Bertz CT molecular complexity index is 477. The predicted octanol–water partition coefficient (Wildman–Crippen LogP) is 0.813. The molecule has 0 aromatic carbocycles. The van der Waals surface area contributed by atoms with Crippen LogP contribution >= 0.6 is 0 Å². The van der Waals surface area contributed by atoms with Gasteiger partial charge in [-0.2, -0.15) is 0 Å². The van der Waals surface area contributed by atoms with Crippen LogP contribution in [-0.2, 0) is 23.7 Å². The van der Waals surface area contributed by atoms with E-state index in [4.69, 9.17) is 18.9 Å². The Kier molecular flexibility index (Phi) is 2.78. The second-order valence-electron chi connectivity index (χ2n) is 7.10. The molecule has 1 N–H and O–H groups in total. The molecule has 0 aromatic heterocycles. The molecular formula is C15H22O6. The largest absolute Gasteiger partial charge is 0.466 e. The Morgan fingerprint density at radius 1 is 1.29 bits per heavy atom. The molecule has 0 bridgehead atoms. The minimum atomic E-state index is -1.05. The Hall–Kier alpha value is -0.690. The summed E-state index contributed by atoms with van der Waals surface area (Å²) < 4.78 is 22.6. The molecule has 0 spiro atoms. The quantitative estimate of drug-likeness (QED) is 0.761. The first kappa shape index (κ1) is 13.9. The minimum Gasteiger partial charge on any atom is -0.466 e. The van der Waals surface area contributed by atoms with Gasteiger partial charge in [-0.25, -0.2) is 0 Å². The fourth-order valence-corrected chi connectivity index (χ4v) is 4.58. The molecule has 4 aliphatic rings. The van der Waals surface area contributed by atoms with E-state index in [1.165, 1.54) is 0 Å². The van der Waals surface area contributed by atoms with Gasteiger partial charge in [-0.05, 0) is 45.4 Å². The second-order valence-corrected chi connectivity index (χ2v) is 7.10. The maximum absolute atomic E-state index is 11.9. The fourth-order valence-electron chi connectivity index (χ4n) is 4.58. The van der Waals surface area contributed by atoms with Crippen molar-refractivity contribution in [1.82, 2.24) is 0 Å². The van der Waals surface area contributed by atoms with Gasteiger partial charge >= 0.3 is 5.97 Å². The van der Waals surface area contributed by atoms with Crippen LogP contribution in [0.1, 0.15) is 33.6 Å². The molecule has 4 fully saturated rings. The average Bonchev–Trinajstić information content (AvgIpc) is 2.86. The molecule has 118 valence electrons. The highest BCUT2D eigenvalue weighted by molar-refractivity contribution is 5.74. The molecule has 4 rings (SSSR count). The smallest absolute Gasteiger partial charge is 0.309 e. The van der Waals surface area contributed by atoms with Gasteiger partial charge in [-0.15, -0.1) is 0 Å². The Labute approximate surface area is 123 Å². The lowest BCUT2D eigenvalue weighted by Crippen LogP contribution is -2.47. The standard InChI is InChI=1S/C15H22O6/c1-4-18-12(16)8-5-7-9(8)6-15(17)10(7)19-13-11(15)20-14(2,3)21-13/h7-11,13,17H,4-6H2,1-3H3/t7-,8?,9-,10-,11+,13-,15-/m1/s1. The van der Waals surface area contributed by atoms with Crippen molar-refractivity contribution < 1.29 is 28.8 Å². The van der Waals surface area contributed by atoms with Gasteiger partial charge in [0.25, 0.3) is 0 Å². The minimum absolute atomic E-state index is 0.109. The van der Waals surface area contributed by atoms with Gasteiger partial charge in [-0.1, -0.05) is 0 Å². The van der Waals surface area contributed by atoms with Gasteiger partial charge in [-0.3, -0.25) is 4.79 Å². The number of carbonyl (C=O) groups excluding carboxylic acids is 1. The molecule has 2 aliphatic heterocycles. The fraction of sp³-hybridized carbons (Fsp3) is 0.933. The van der Waals surface area contributed by atoms with Crippen LogP contribution in [0.5, 0.6) is 0 Å². The monoisotopic (exact) mass is 298 g/mol. The summed E-state index contributed by atoms with van der Waals surface area (Å²) >= 11 is 0. The SMILES string of the molecule is CCOC(=O)C1C[C@H]2[C@H]3O[C@@H]4OC(C)(C)O[C@@H]4[C@@]3(O)C[C@@H]12. The molecule has 21 heavy (non-hydrogen) atoms. The van der Waals surface area contributed by atoms with E-state index in [0.717, 1.165) is 6.42 Å². The first-order valence-corrected chi connectivity index (χ1v) is 7.76. The number of hydrogen-bond acceptors (Lipinski definition) is 6. The molecule has 6 heteroatoms. The van der Waals surface area contributed by atoms with Crippen LogP contribution in [0.2, 0.25) is 0 Å². The molecule has 2 heterocycles. The molecule has 2 saturated heterocycles. The van der Waals surface area contributed by atoms with Crippen molar-refractivity contribution in [2.24, 2.45) is 17.8 Å². The Balaban J connectivity index is 1.52. The van der Waals surface area contributed by atoms with E-state index in [0.29, 0.717) is 13.0 Å². The van der Waals surface area contributed by atoms with E-state index < -0.39 is 23.8 Å².